The summed E-state index contributed by atoms with van der Waals surface area (Å²) in [4.78, 5) is 0. The predicted molar refractivity (Wildman–Crippen MR) is 17.1 cm³/mol. The van der Waals surface area contributed by atoms with Crippen LogP contribution in [0.1, 0.15) is 0 Å². The number of hydrogen-bond acceptors (Lipinski definition) is 2. The Bertz CT molecular complexity index is 9.51. The van der Waals surface area contributed by atoms with E-state index in [-0.39, 0.29) is 83.8 Å². The van der Waals surface area contributed by atoms with Crippen molar-refractivity contribution >= 4 is 46.1 Å². The quantitative estimate of drug-likeness (QED) is 0.172. The zero-order chi connectivity index (χ0) is 2.00. The van der Waals surface area contributed by atoms with Gasteiger partial charge in [0.05, 0.1) is 0 Å². The van der Waals surface area contributed by atoms with E-state index >= 15 is 0 Å². The van der Waals surface area contributed by atoms with E-state index < -0.39 is 0 Å². The summed E-state index contributed by atoms with van der Waals surface area (Å²) in [6, 6.07) is 0. The van der Waals surface area contributed by atoms with Gasteiger partial charge in [-0.2, -0.15) is 0 Å². The Morgan fingerprint density at radius 2 is 0.667 bits per heavy atom. The van der Waals surface area contributed by atoms with Gasteiger partial charge in [-0.1, -0.05) is 0 Å². The van der Waals surface area contributed by atoms with E-state index in [1.54, 1.807) is 0 Å². The summed E-state index contributed by atoms with van der Waals surface area (Å²) >= 11 is 0. The van der Waals surface area contributed by atoms with Crippen LogP contribution in [-0.4, -0.2) is 46.1 Å². The summed E-state index contributed by atoms with van der Waals surface area (Å²) in [6.45, 7) is 0. The minimum Gasteiger partial charge on any atom is -1.00 e. The van der Waals surface area contributed by atoms with Gasteiger partial charge < -0.3 is 10.5 Å². The van der Waals surface area contributed by atoms with Crippen LogP contribution >= 0.6 is 0 Å². The fourth-order valence-electron chi connectivity index (χ4n) is 0. The minimum atomic E-state index is 0. The second-order valence-corrected chi connectivity index (χ2v) is 0. The third kappa shape index (κ3) is 30.2. The van der Waals surface area contributed by atoms with Crippen molar-refractivity contribution in [2.75, 3.05) is 0 Å². The molecule has 22 valence electrons. The molecule has 0 bridgehead atoms. The molecule has 0 rings (SSSR count). The molecule has 0 aromatic heterocycles. The summed E-state index contributed by atoms with van der Waals surface area (Å²) in [5.41, 5.74) is 0. The molecule has 0 saturated heterocycles. The Balaban J connectivity index is -0.000000000833. The molecular formula is H4Li2Mg2O2. The van der Waals surface area contributed by atoms with E-state index in [0.29, 0.717) is 0 Å². The Morgan fingerprint density at radius 1 is 0.667 bits per heavy atom. The minimum absolute atomic E-state index is 0. The first-order valence-corrected chi connectivity index (χ1v) is 0.167. The van der Waals surface area contributed by atoms with E-state index in [1.807, 2.05) is 0 Å². The number of rotatable bonds is 0. The van der Waals surface area contributed by atoms with Gasteiger partial charge in [0.1, 0.15) is 0 Å². The largest absolute Gasteiger partial charge is 1.00 e. The summed E-state index contributed by atoms with van der Waals surface area (Å²) < 4.78 is 0. The van der Waals surface area contributed by atoms with E-state index in [9.17, 15) is 0 Å². The molecular weight excluding hydrogens is 94.5 g/mol. The Hall–Kier alpha value is 2.65. The van der Waals surface area contributed by atoms with Crippen molar-refractivity contribution in [3.8, 4) is 0 Å². The third-order valence-corrected chi connectivity index (χ3v) is 0. The molecule has 0 aliphatic rings. The van der Waals surface area contributed by atoms with Crippen molar-refractivity contribution < 1.29 is 48.2 Å². The van der Waals surface area contributed by atoms with Crippen LogP contribution in [0.25, 0.3) is 0 Å². The van der Waals surface area contributed by atoms with Crippen molar-refractivity contribution in [2.24, 2.45) is 0 Å². The molecule has 0 radical (unpaired) electrons. The molecule has 6 heavy (non-hydrogen) atoms. The molecule has 0 aliphatic carbocycles. The molecule has 0 unspecified atom stereocenters. The first-order chi connectivity index (χ1) is 1.00. The molecule has 0 spiro atoms. The molecule has 0 fully saturated rings. The molecule has 0 aliphatic heterocycles. The van der Waals surface area contributed by atoms with Crippen LogP contribution in [0.15, 0.2) is 0 Å². The molecule has 0 atom stereocenters. The monoisotopic (exact) mass is 98.0 g/mol. The first-order valence-electron chi connectivity index (χ1n) is 0.167. The third-order valence-electron chi connectivity index (χ3n) is 0. The summed E-state index contributed by atoms with van der Waals surface area (Å²) in [5, 5.41) is 14.0. The van der Waals surface area contributed by atoms with Gasteiger partial charge in [0.15, 0.2) is 0 Å². The maximum absolute atomic E-state index is 7.00. The van der Waals surface area contributed by atoms with Crippen LogP contribution < -0.4 is 48.2 Å². The summed E-state index contributed by atoms with van der Waals surface area (Å²) in [7, 11) is 0. The topological polar surface area (TPSA) is 46.1 Å². The van der Waals surface area contributed by atoms with Gasteiger partial charge in [0.25, 0.3) is 0 Å². The van der Waals surface area contributed by atoms with Crippen molar-refractivity contribution in [3.63, 3.8) is 0 Å². The van der Waals surface area contributed by atoms with E-state index in [2.05, 4.69) is 0 Å². The van der Waals surface area contributed by atoms with Crippen molar-refractivity contribution in [2.45, 2.75) is 0 Å². The molecule has 0 amide bonds. The zero-order valence-corrected chi connectivity index (χ0v) is 2.82. The van der Waals surface area contributed by atoms with Crippen LogP contribution in [0.2, 0.25) is 0 Å². The van der Waals surface area contributed by atoms with Crippen LogP contribution in [0.3, 0.4) is 0 Å². The zero-order valence-electron chi connectivity index (χ0n) is 2.82. The predicted octanol–water partition coefficient (Wildman–Crippen LogP) is -10.2. The van der Waals surface area contributed by atoms with Gasteiger partial charge in [-0.05, 0) is 0 Å². The molecule has 0 heterocycles. The summed E-state index contributed by atoms with van der Waals surface area (Å²) in [6.07, 6.45) is 0. The molecule has 6 heteroatoms. The fourth-order valence-corrected chi connectivity index (χ4v) is 0. The van der Waals surface area contributed by atoms with E-state index in [1.165, 1.54) is 0 Å². The second-order valence-electron chi connectivity index (χ2n) is 0. The molecule has 0 aromatic carbocycles. The van der Waals surface area contributed by atoms with Crippen molar-refractivity contribution in [3.05, 3.63) is 0 Å². The maximum atomic E-state index is 7.00. The molecule has 2 nitrogen and oxygen atoms in total. The van der Waals surface area contributed by atoms with Gasteiger partial charge in [0, 0.05) is 0 Å². The average molecular weight is 98.5 g/mol. The van der Waals surface area contributed by atoms with E-state index in [4.69, 9.17) is 10.5 Å². The molecule has 0 saturated carbocycles. The Morgan fingerprint density at radius 3 is 0.667 bits per heavy atom. The normalized spacial score (nSPS) is 1.00. The molecule has 0 N–H and O–H groups in total. The van der Waals surface area contributed by atoms with Crippen LogP contribution in [0, 0.1) is 0 Å². The Labute approximate surface area is 93.0 Å². The van der Waals surface area contributed by atoms with Gasteiger partial charge >= 0.3 is 83.8 Å². The van der Waals surface area contributed by atoms with E-state index in [0.717, 1.165) is 0 Å². The second kappa shape index (κ2) is 48.2. The van der Waals surface area contributed by atoms with Crippen LogP contribution in [0.5, 0.6) is 0 Å². The van der Waals surface area contributed by atoms with Gasteiger partial charge in [-0.25, -0.2) is 0 Å². The fraction of sp³-hybridized carbons (Fsp3) is 0. The van der Waals surface area contributed by atoms with Gasteiger partial charge in [0.2, 0.25) is 0 Å². The summed E-state index contributed by atoms with van der Waals surface area (Å²) in [5.74, 6) is 0. The average Bonchev–Trinajstić information content (AvgIpc) is 1.00. The molecule has 0 aromatic rings. The SMILES string of the molecule is [Li+].[Li+].[MgH2].[MgH2].[O-][O-]. The van der Waals surface area contributed by atoms with Crippen LogP contribution in [0.4, 0.5) is 0 Å². The smallest absolute Gasteiger partial charge is 1.00 e. The number of hydrogen-bond donors (Lipinski definition) is 0. The maximum Gasteiger partial charge on any atom is 1.00 e. The van der Waals surface area contributed by atoms with Crippen molar-refractivity contribution in [1.29, 1.82) is 0 Å². The first kappa shape index (κ1) is 38.0. The Kier molecular flexibility index (Phi) is 305. The van der Waals surface area contributed by atoms with Crippen LogP contribution in [-0.2, 0) is 0 Å². The van der Waals surface area contributed by atoms with Gasteiger partial charge in [-0.15, -0.1) is 0 Å². The van der Waals surface area contributed by atoms with Gasteiger partial charge in [-0.3, -0.25) is 0 Å². The standard InChI is InChI=1S/2Li.2Mg.O2.4H/c;;;;1-2;;;;/q2*+1;;;-2;;;;. The van der Waals surface area contributed by atoms with Crippen molar-refractivity contribution in [1.82, 2.24) is 0 Å².